The van der Waals surface area contributed by atoms with Crippen molar-refractivity contribution in [1.29, 1.82) is 0 Å². The van der Waals surface area contributed by atoms with Crippen molar-refractivity contribution in [1.82, 2.24) is 9.80 Å². The van der Waals surface area contributed by atoms with Crippen molar-refractivity contribution < 1.29 is 23.9 Å². The molecule has 0 saturated carbocycles. The average Bonchev–Trinajstić information content (AvgIpc) is 2.50. The van der Waals surface area contributed by atoms with Crippen LogP contribution in [0.15, 0.2) is 12.2 Å². The molecule has 0 N–H and O–H groups in total. The van der Waals surface area contributed by atoms with Crippen molar-refractivity contribution in [2.24, 2.45) is 0 Å². The SMILES string of the molecule is CCN(CC)C(=O)N(CC)CCOC(=O)/C=C/C(=O)OC. The fourth-order valence-electron chi connectivity index (χ4n) is 1.59. The molecule has 0 fully saturated rings. The first kappa shape index (κ1) is 18.9. The average molecular weight is 300 g/mol. The Bertz CT molecular complexity index is 378. The molecule has 0 aliphatic heterocycles. The summed E-state index contributed by atoms with van der Waals surface area (Å²) < 4.78 is 9.27. The second-order valence-electron chi connectivity index (χ2n) is 4.06. The zero-order valence-electron chi connectivity index (χ0n) is 13.1. The van der Waals surface area contributed by atoms with Gasteiger partial charge in [0.25, 0.3) is 0 Å². The maximum absolute atomic E-state index is 12.1. The van der Waals surface area contributed by atoms with E-state index in [0.717, 1.165) is 12.2 Å². The highest BCUT2D eigenvalue weighted by molar-refractivity contribution is 5.91. The van der Waals surface area contributed by atoms with Gasteiger partial charge in [-0.05, 0) is 20.8 Å². The topological polar surface area (TPSA) is 76.2 Å². The molecule has 0 heterocycles. The lowest BCUT2D eigenvalue weighted by Gasteiger charge is -2.28. The minimum absolute atomic E-state index is 0.0746. The summed E-state index contributed by atoms with van der Waals surface area (Å²) >= 11 is 0. The number of amides is 2. The first-order valence-corrected chi connectivity index (χ1v) is 6.96. The fraction of sp³-hybridized carbons (Fsp3) is 0.643. The van der Waals surface area contributed by atoms with Crippen LogP contribution in [0.4, 0.5) is 4.79 Å². The molecule has 7 heteroatoms. The van der Waals surface area contributed by atoms with E-state index in [0.29, 0.717) is 26.2 Å². The second-order valence-corrected chi connectivity index (χ2v) is 4.06. The third kappa shape index (κ3) is 7.34. The summed E-state index contributed by atoms with van der Waals surface area (Å²) in [5.74, 6) is -1.27. The number of carbonyl (C=O) groups is 3. The van der Waals surface area contributed by atoms with Crippen LogP contribution in [-0.4, -0.2) is 67.7 Å². The first-order valence-electron chi connectivity index (χ1n) is 6.96. The number of esters is 2. The van der Waals surface area contributed by atoms with Gasteiger partial charge < -0.3 is 19.3 Å². The lowest BCUT2D eigenvalue weighted by atomic mass is 10.4. The van der Waals surface area contributed by atoms with Gasteiger partial charge in [-0.15, -0.1) is 0 Å². The lowest BCUT2D eigenvalue weighted by molar-refractivity contribution is -0.139. The molecule has 0 atom stereocenters. The number of rotatable bonds is 8. The van der Waals surface area contributed by atoms with E-state index in [1.807, 2.05) is 20.8 Å². The molecule has 2 amide bonds. The van der Waals surface area contributed by atoms with Crippen molar-refractivity contribution in [2.75, 3.05) is 39.9 Å². The van der Waals surface area contributed by atoms with Crippen molar-refractivity contribution in [3.05, 3.63) is 12.2 Å². The Labute approximate surface area is 125 Å². The largest absolute Gasteiger partial charge is 0.466 e. The minimum Gasteiger partial charge on any atom is -0.466 e. The van der Waals surface area contributed by atoms with Crippen LogP contribution in [0, 0.1) is 0 Å². The monoisotopic (exact) mass is 300 g/mol. The Hall–Kier alpha value is -2.05. The van der Waals surface area contributed by atoms with Gasteiger partial charge in [-0.2, -0.15) is 0 Å². The molecule has 0 rings (SSSR count). The molecule has 0 saturated heterocycles. The van der Waals surface area contributed by atoms with Gasteiger partial charge >= 0.3 is 18.0 Å². The van der Waals surface area contributed by atoms with Gasteiger partial charge in [-0.1, -0.05) is 0 Å². The molecule has 0 aliphatic rings. The smallest absolute Gasteiger partial charge is 0.331 e. The lowest BCUT2D eigenvalue weighted by Crippen LogP contribution is -2.44. The highest BCUT2D eigenvalue weighted by Crippen LogP contribution is 1.99. The van der Waals surface area contributed by atoms with Crippen LogP contribution < -0.4 is 0 Å². The molecular formula is C14H24N2O5. The van der Waals surface area contributed by atoms with Crippen LogP contribution in [0.25, 0.3) is 0 Å². The van der Waals surface area contributed by atoms with E-state index >= 15 is 0 Å². The van der Waals surface area contributed by atoms with E-state index in [2.05, 4.69) is 4.74 Å². The molecule has 0 radical (unpaired) electrons. The van der Waals surface area contributed by atoms with Gasteiger partial charge in [0.05, 0.1) is 13.7 Å². The summed E-state index contributed by atoms with van der Waals surface area (Å²) in [6.45, 7) is 7.86. The number of hydrogen-bond acceptors (Lipinski definition) is 5. The van der Waals surface area contributed by atoms with Gasteiger partial charge in [0.15, 0.2) is 0 Å². The third-order valence-electron chi connectivity index (χ3n) is 2.85. The Balaban J connectivity index is 4.23. The summed E-state index contributed by atoms with van der Waals surface area (Å²) in [7, 11) is 1.22. The molecule has 7 nitrogen and oxygen atoms in total. The molecule has 0 spiro atoms. The van der Waals surface area contributed by atoms with Crippen molar-refractivity contribution in [3.63, 3.8) is 0 Å². The van der Waals surface area contributed by atoms with E-state index in [4.69, 9.17) is 4.74 Å². The molecule has 21 heavy (non-hydrogen) atoms. The van der Waals surface area contributed by atoms with Gasteiger partial charge in [-0.3, -0.25) is 0 Å². The highest BCUT2D eigenvalue weighted by Gasteiger charge is 2.16. The van der Waals surface area contributed by atoms with Crippen molar-refractivity contribution in [2.45, 2.75) is 20.8 Å². The number of methoxy groups -OCH3 is 1. The minimum atomic E-state index is -0.647. The normalized spacial score (nSPS) is 10.3. The van der Waals surface area contributed by atoms with Crippen LogP contribution in [0.1, 0.15) is 20.8 Å². The van der Waals surface area contributed by atoms with Crippen LogP contribution in [0.2, 0.25) is 0 Å². The number of nitrogens with zero attached hydrogens (tertiary/aromatic N) is 2. The predicted molar refractivity (Wildman–Crippen MR) is 77.7 cm³/mol. The Morgan fingerprint density at radius 2 is 1.43 bits per heavy atom. The summed E-state index contributed by atoms with van der Waals surface area (Å²) in [4.78, 5) is 37.5. The van der Waals surface area contributed by atoms with Crippen LogP contribution in [0.3, 0.4) is 0 Å². The number of carbonyl (C=O) groups excluding carboxylic acids is 3. The van der Waals surface area contributed by atoms with Crippen molar-refractivity contribution in [3.8, 4) is 0 Å². The highest BCUT2D eigenvalue weighted by atomic mass is 16.5. The molecule has 0 unspecified atom stereocenters. The Morgan fingerprint density at radius 3 is 1.90 bits per heavy atom. The van der Waals surface area contributed by atoms with E-state index in [1.165, 1.54) is 7.11 Å². The van der Waals surface area contributed by atoms with E-state index in [-0.39, 0.29) is 12.6 Å². The van der Waals surface area contributed by atoms with Gasteiger partial charge in [0.1, 0.15) is 6.61 Å². The van der Waals surface area contributed by atoms with E-state index < -0.39 is 11.9 Å². The predicted octanol–water partition coefficient (Wildman–Crippen LogP) is 1.04. The molecule has 120 valence electrons. The zero-order chi connectivity index (χ0) is 16.3. The summed E-state index contributed by atoms with van der Waals surface area (Å²) in [5.41, 5.74) is 0. The van der Waals surface area contributed by atoms with Gasteiger partial charge in [0.2, 0.25) is 0 Å². The number of ether oxygens (including phenoxy) is 2. The summed E-state index contributed by atoms with van der Waals surface area (Å²) in [6, 6.07) is -0.0800. The quantitative estimate of drug-likeness (QED) is 0.494. The first-order chi connectivity index (χ1) is 9.99. The molecule has 0 aliphatic carbocycles. The van der Waals surface area contributed by atoms with Crippen LogP contribution in [0.5, 0.6) is 0 Å². The third-order valence-corrected chi connectivity index (χ3v) is 2.85. The van der Waals surface area contributed by atoms with Crippen LogP contribution in [-0.2, 0) is 19.1 Å². The Kier molecular flexibility index (Phi) is 9.66. The van der Waals surface area contributed by atoms with Crippen LogP contribution >= 0.6 is 0 Å². The fourth-order valence-corrected chi connectivity index (χ4v) is 1.59. The number of hydrogen-bond donors (Lipinski definition) is 0. The summed E-state index contributed by atoms with van der Waals surface area (Å²) in [5, 5.41) is 0. The van der Waals surface area contributed by atoms with E-state index in [9.17, 15) is 14.4 Å². The molecule has 0 aromatic heterocycles. The van der Waals surface area contributed by atoms with Crippen molar-refractivity contribution >= 4 is 18.0 Å². The Morgan fingerprint density at radius 1 is 0.905 bits per heavy atom. The van der Waals surface area contributed by atoms with E-state index in [1.54, 1.807) is 9.80 Å². The standard InChI is InChI=1S/C14H24N2O5/c1-5-15(6-2)14(19)16(7-3)10-11-21-13(18)9-8-12(17)20-4/h8-9H,5-7,10-11H2,1-4H3/b9-8+. The maximum Gasteiger partial charge on any atom is 0.331 e. The molecule has 0 aromatic carbocycles. The maximum atomic E-state index is 12.1. The molecule has 0 aromatic rings. The van der Waals surface area contributed by atoms with Gasteiger partial charge in [-0.25, -0.2) is 14.4 Å². The molecule has 0 bridgehead atoms. The summed E-state index contributed by atoms with van der Waals surface area (Å²) in [6.07, 6.45) is 1.98. The number of urea groups is 1. The molecular weight excluding hydrogens is 276 g/mol. The number of likely N-dealkylation sites (N-methyl/N-ethyl adjacent to an activating group) is 1. The zero-order valence-corrected chi connectivity index (χ0v) is 13.1. The second kappa shape index (κ2) is 10.7. The van der Waals surface area contributed by atoms with Gasteiger partial charge in [0, 0.05) is 31.8 Å².